The first-order chi connectivity index (χ1) is 9.67. The molecular weight excluding hydrogens is 452 g/mol. The molecule has 0 aliphatic heterocycles. The highest BCUT2D eigenvalue weighted by Crippen LogP contribution is 2.16. The van der Waals surface area contributed by atoms with Crippen LogP contribution in [0.1, 0.15) is 18.9 Å². The molecule has 2 N–H and O–H groups in total. The number of nitrogens with one attached hydrogen (secondary N) is 2. The summed E-state index contributed by atoms with van der Waals surface area (Å²) in [5.41, 5.74) is 0.563. The van der Waals surface area contributed by atoms with Crippen LogP contribution in [0.3, 0.4) is 0 Å². The molecule has 1 rings (SSSR count). The molecule has 120 valence electrons. The summed E-state index contributed by atoms with van der Waals surface area (Å²) in [6, 6.07) is 4.86. The van der Waals surface area contributed by atoms with Crippen molar-refractivity contribution in [1.82, 2.24) is 10.6 Å². The van der Waals surface area contributed by atoms with E-state index in [0.717, 1.165) is 24.0 Å². The number of nitrogens with zero attached hydrogens (tertiary/aromatic N) is 1. The van der Waals surface area contributed by atoms with Crippen LogP contribution in [0.5, 0.6) is 0 Å². The zero-order chi connectivity index (χ0) is 14.8. The molecule has 1 aromatic rings. The molecule has 0 radical (unpaired) electrons. The largest absolute Gasteiger partial charge is 0.385 e. The minimum absolute atomic E-state index is 0. The first-order valence-electron chi connectivity index (χ1n) is 6.62. The second kappa shape index (κ2) is 12.2. The van der Waals surface area contributed by atoms with E-state index in [-0.39, 0.29) is 29.8 Å². The molecule has 1 aromatic carbocycles. The molecule has 0 spiro atoms. The van der Waals surface area contributed by atoms with Gasteiger partial charge in [-0.1, -0.05) is 15.9 Å². The average Bonchev–Trinajstić information content (AvgIpc) is 2.44. The first kappa shape index (κ1) is 20.6. The molecule has 0 fully saturated rings. The fraction of sp³-hybridized carbons (Fsp3) is 0.500. The number of rotatable bonds is 7. The van der Waals surface area contributed by atoms with Gasteiger partial charge in [-0.25, -0.2) is 9.38 Å². The summed E-state index contributed by atoms with van der Waals surface area (Å²) >= 11 is 3.33. The predicted molar refractivity (Wildman–Crippen MR) is 98.8 cm³/mol. The molecule has 0 saturated carbocycles. The maximum Gasteiger partial charge on any atom is 0.191 e. The van der Waals surface area contributed by atoms with Crippen molar-refractivity contribution in [2.45, 2.75) is 19.9 Å². The SMILES string of the molecule is CCNC(=NCc1cc(Br)ccc1F)NCCCOC.I. The van der Waals surface area contributed by atoms with Gasteiger partial charge in [0.1, 0.15) is 5.82 Å². The number of benzene rings is 1. The van der Waals surface area contributed by atoms with Gasteiger partial charge in [0.15, 0.2) is 5.96 Å². The molecule has 0 bridgehead atoms. The Balaban J connectivity index is 0.00000400. The highest BCUT2D eigenvalue weighted by atomic mass is 127. The quantitative estimate of drug-likeness (QED) is 0.276. The van der Waals surface area contributed by atoms with E-state index in [1.54, 1.807) is 19.2 Å². The van der Waals surface area contributed by atoms with Gasteiger partial charge in [0.2, 0.25) is 0 Å². The van der Waals surface area contributed by atoms with Crippen LogP contribution in [-0.2, 0) is 11.3 Å². The third-order valence-electron chi connectivity index (χ3n) is 2.58. The van der Waals surface area contributed by atoms with Gasteiger partial charge in [0, 0.05) is 36.8 Å². The first-order valence-corrected chi connectivity index (χ1v) is 7.41. The minimum Gasteiger partial charge on any atom is -0.385 e. The van der Waals surface area contributed by atoms with E-state index >= 15 is 0 Å². The zero-order valence-electron chi connectivity index (χ0n) is 12.3. The van der Waals surface area contributed by atoms with Crippen molar-refractivity contribution in [3.05, 3.63) is 34.1 Å². The molecule has 0 aliphatic rings. The van der Waals surface area contributed by atoms with Gasteiger partial charge in [0.25, 0.3) is 0 Å². The number of methoxy groups -OCH3 is 1. The minimum atomic E-state index is -0.243. The highest BCUT2D eigenvalue weighted by Gasteiger charge is 2.03. The van der Waals surface area contributed by atoms with Crippen molar-refractivity contribution < 1.29 is 9.13 Å². The number of hydrogen-bond acceptors (Lipinski definition) is 2. The van der Waals surface area contributed by atoms with Gasteiger partial charge in [-0.15, -0.1) is 24.0 Å². The monoisotopic (exact) mass is 473 g/mol. The highest BCUT2D eigenvalue weighted by molar-refractivity contribution is 14.0. The van der Waals surface area contributed by atoms with E-state index < -0.39 is 0 Å². The van der Waals surface area contributed by atoms with Crippen molar-refractivity contribution in [1.29, 1.82) is 0 Å². The Bertz CT molecular complexity index is 446. The van der Waals surface area contributed by atoms with Gasteiger partial charge < -0.3 is 15.4 Å². The normalized spacial score (nSPS) is 11.0. The van der Waals surface area contributed by atoms with Crippen molar-refractivity contribution in [2.24, 2.45) is 4.99 Å². The number of ether oxygens (including phenoxy) is 1. The Labute approximate surface area is 151 Å². The second-order valence-corrected chi connectivity index (χ2v) is 5.12. The van der Waals surface area contributed by atoms with Crippen LogP contribution in [0.2, 0.25) is 0 Å². The van der Waals surface area contributed by atoms with Crippen LogP contribution >= 0.6 is 39.9 Å². The molecule has 0 atom stereocenters. The van der Waals surface area contributed by atoms with E-state index in [2.05, 4.69) is 31.6 Å². The van der Waals surface area contributed by atoms with Crippen LogP contribution in [0, 0.1) is 5.82 Å². The summed E-state index contributed by atoms with van der Waals surface area (Å²) in [4.78, 5) is 4.38. The molecule has 0 heterocycles. The maximum absolute atomic E-state index is 13.6. The molecule has 0 aliphatic carbocycles. The lowest BCUT2D eigenvalue weighted by atomic mass is 10.2. The topological polar surface area (TPSA) is 45.7 Å². The summed E-state index contributed by atoms with van der Waals surface area (Å²) in [5, 5.41) is 6.31. The van der Waals surface area contributed by atoms with Gasteiger partial charge in [-0.3, -0.25) is 0 Å². The molecule has 21 heavy (non-hydrogen) atoms. The van der Waals surface area contributed by atoms with Gasteiger partial charge in [-0.2, -0.15) is 0 Å². The Morgan fingerprint density at radius 3 is 2.81 bits per heavy atom. The Morgan fingerprint density at radius 2 is 2.14 bits per heavy atom. The smallest absolute Gasteiger partial charge is 0.191 e. The lowest BCUT2D eigenvalue weighted by Crippen LogP contribution is -2.38. The lowest BCUT2D eigenvalue weighted by Gasteiger charge is -2.11. The lowest BCUT2D eigenvalue weighted by molar-refractivity contribution is 0.195. The molecule has 0 aromatic heterocycles. The number of hydrogen-bond donors (Lipinski definition) is 2. The second-order valence-electron chi connectivity index (χ2n) is 4.20. The summed E-state index contributed by atoms with van der Waals surface area (Å²) < 4.78 is 19.4. The molecular formula is C14H22BrFIN3O. The van der Waals surface area contributed by atoms with E-state index in [0.29, 0.717) is 24.7 Å². The van der Waals surface area contributed by atoms with Gasteiger partial charge >= 0.3 is 0 Å². The fourth-order valence-corrected chi connectivity index (χ4v) is 2.00. The predicted octanol–water partition coefficient (Wildman–Crippen LogP) is 3.30. The van der Waals surface area contributed by atoms with Crippen LogP contribution < -0.4 is 10.6 Å². The molecule has 4 nitrogen and oxygen atoms in total. The number of halogens is 3. The van der Waals surface area contributed by atoms with Crippen LogP contribution in [0.4, 0.5) is 4.39 Å². The van der Waals surface area contributed by atoms with Crippen molar-refractivity contribution in [3.63, 3.8) is 0 Å². The molecule has 0 amide bonds. The Hall–Kier alpha value is -0.410. The van der Waals surface area contributed by atoms with Gasteiger partial charge in [0.05, 0.1) is 6.54 Å². The summed E-state index contributed by atoms with van der Waals surface area (Å²) in [7, 11) is 1.68. The number of guanidine groups is 1. The van der Waals surface area contributed by atoms with Gasteiger partial charge in [-0.05, 0) is 31.5 Å². The summed E-state index contributed by atoms with van der Waals surface area (Å²) in [6.07, 6.45) is 0.895. The summed E-state index contributed by atoms with van der Waals surface area (Å²) in [6.45, 7) is 4.52. The van der Waals surface area contributed by atoms with Crippen molar-refractivity contribution in [3.8, 4) is 0 Å². The standard InChI is InChI=1S/C14H21BrFN3O.HI/c1-3-17-14(18-7-4-8-20-2)19-10-11-9-12(15)5-6-13(11)16;/h5-6,9H,3-4,7-8,10H2,1-2H3,(H2,17,18,19);1H. The third-order valence-corrected chi connectivity index (χ3v) is 3.07. The molecule has 0 unspecified atom stereocenters. The van der Waals surface area contributed by atoms with E-state index in [4.69, 9.17) is 4.74 Å². The van der Waals surface area contributed by atoms with E-state index in [1.807, 2.05) is 6.92 Å². The van der Waals surface area contributed by atoms with Crippen molar-refractivity contribution in [2.75, 3.05) is 26.8 Å². The van der Waals surface area contributed by atoms with E-state index in [9.17, 15) is 4.39 Å². The Kier molecular flexibility index (Phi) is 11.9. The van der Waals surface area contributed by atoms with E-state index in [1.165, 1.54) is 6.07 Å². The van der Waals surface area contributed by atoms with Crippen LogP contribution in [-0.4, -0.2) is 32.8 Å². The Morgan fingerprint density at radius 1 is 1.38 bits per heavy atom. The van der Waals surface area contributed by atoms with Crippen LogP contribution in [0.25, 0.3) is 0 Å². The maximum atomic E-state index is 13.6. The third kappa shape index (κ3) is 8.57. The zero-order valence-corrected chi connectivity index (χ0v) is 16.2. The summed E-state index contributed by atoms with van der Waals surface area (Å²) in [5.74, 6) is 0.440. The fourth-order valence-electron chi connectivity index (χ4n) is 1.59. The average molecular weight is 474 g/mol. The molecule has 7 heteroatoms. The number of aliphatic imine (C=N–C) groups is 1. The molecule has 0 saturated heterocycles. The van der Waals surface area contributed by atoms with Crippen molar-refractivity contribution >= 4 is 45.9 Å². The van der Waals surface area contributed by atoms with Crippen LogP contribution in [0.15, 0.2) is 27.7 Å².